The smallest absolute Gasteiger partial charge is 0.704 e. The van der Waals surface area contributed by atoms with Crippen molar-refractivity contribution in [1.82, 2.24) is 0 Å². The Balaban J connectivity index is -0.0000000145. The van der Waals surface area contributed by atoms with Crippen LogP contribution in [0.1, 0.15) is 0 Å². The van der Waals surface area contributed by atoms with E-state index in [2.05, 4.69) is 43.5 Å². The summed E-state index contributed by atoms with van der Waals surface area (Å²) in [4.78, 5) is 10.0. The van der Waals surface area contributed by atoms with Gasteiger partial charge in [0.2, 0.25) is 0 Å². The predicted molar refractivity (Wildman–Crippen MR) is 26.8 cm³/mol. The Morgan fingerprint density at radius 2 is 0.571 bits per heavy atom. The second-order valence-corrected chi connectivity index (χ2v) is 0.385. The standard InChI is InChI=1S/Al.4H3NO2.Na/c;4*1-3-2;/h;4*2H,1H2;/q+3;;;;;+1/p-4. The van der Waals surface area contributed by atoms with E-state index in [1.807, 2.05) is 0 Å². The van der Waals surface area contributed by atoms with Gasteiger partial charge in [-0.2, -0.15) is 0 Å². The number of hydrogen-bond donors (Lipinski definition) is 4. The Labute approximate surface area is 111 Å². The van der Waals surface area contributed by atoms with Gasteiger partial charge in [0, 0.05) is 0 Å². The molecule has 0 atom stereocenters. The summed E-state index contributed by atoms with van der Waals surface area (Å²) in [5.41, 5.74) is 0. The fraction of sp³-hybridized carbons (Fsp3) is 0. The fourth-order valence-corrected chi connectivity index (χ4v) is 0. The molecule has 0 radical (unpaired) electrons. The largest absolute Gasteiger partial charge is 3.00 e. The zero-order valence-corrected chi connectivity index (χ0v) is 10.3. The third kappa shape index (κ3) is 1710. The molecule has 12 nitrogen and oxygen atoms in total. The predicted octanol–water partition coefficient (Wildman–Crippen LogP) is -10.8. The molecule has 14 heavy (non-hydrogen) atoms. The van der Waals surface area contributed by atoms with Crippen molar-refractivity contribution in [2.24, 2.45) is 23.6 Å². The molecule has 0 bridgehead atoms. The van der Waals surface area contributed by atoms with E-state index in [0.717, 1.165) is 0 Å². The molecule has 0 aromatic heterocycles. The molecule has 0 aromatic carbocycles. The van der Waals surface area contributed by atoms with Gasteiger partial charge < -0.3 is 41.0 Å². The molecular formula is H8AlN4NaO8. The van der Waals surface area contributed by atoms with Gasteiger partial charge in [0.25, 0.3) is 0 Å². The van der Waals surface area contributed by atoms with Crippen molar-refractivity contribution in [2.45, 2.75) is 0 Å². The van der Waals surface area contributed by atoms with E-state index in [1.165, 1.54) is 0 Å². The normalized spacial score (nSPS) is 5.14. The minimum atomic E-state index is 0. The minimum Gasteiger partial charge on any atom is -0.704 e. The summed E-state index contributed by atoms with van der Waals surface area (Å²) in [6.07, 6.45) is 0. The molecular weight excluding hydrogens is 234 g/mol. The summed E-state index contributed by atoms with van der Waals surface area (Å²) in [7, 11) is 0. The molecule has 80 valence electrons. The third-order valence-corrected chi connectivity index (χ3v) is 0. The molecule has 0 heterocycles. The second-order valence-electron chi connectivity index (χ2n) is 0.385. The van der Waals surface area contributed by atoms with E-state index in [9.17, 15) is 0 Å². The Morgan fingerprint density at radius 1 is 0.571 bits per heavy atom. The molecule has 8 N–H and O–H groups in total. The van der Waals surface area contributed by atoms with E-state index < -0.39 is 0 Å². The van der Waals surface area contributed by atoms with Gasteiger partial charge in [0.15, 0.2) is 0 Å². The van der Waals surface area contributed by atoms with Gasteiger partial charge in [-0.15, -0.1) is 0 Å². The summed E-state index contributed by atoms with van der Waals surface area (Å²) in [5, 5.41) is 32.8. The van der Waals surface area contributed by atoms with Crippen molar-refractivity contribution < 1.29 is 70.5 Å². The first kappa shape index (κ1) is 36.3. The fourth-order valence-electron chi connectivity index (χ4n) is 0. The first-order valence-corrected chi connectivity index (χ1v) is 1.61. The quantitative estimate of drug-likeness (QED) is 0.176. The first-order valence-electron chi connectivity index (χ1n) is 1.61. The van der Waals surface area contributed by atoms with Crippen LogP contribution in [0.4, 0.5) is 0 Å². The van der Waals surface area contributed by atoms with Crippen molar-refractivity contribution in [3.8, 4) is 0 Å². The molecule has 0 amide bonds. The van der Waals surface area contributed by atoms with Crippen molar-refractivity contribution >= 4 is 17.4 Å². The third-order valence-electron chi connectivity index (χ3n) is 0. The molecule has 14 heteroatoms. The maximum absolute atomic E-state index is 8.21. The van der Waals surface area contributed by atoms with Crippen LogP contribution in [0.15, 0.2) is 0 Å². The van der Waals surface area contributed by atoms with E-state index in [1.54, 1.807) is 0 Å². The first-order chi connectivity index (χ1) is 5.66. The van der Waals surface area contributed by atoms with Crippen LogP contribution < -0.4 is 74.2 Å². The Hall–Kier alpha value is 1.05. The second kappa shape index (κ2) is 93.8. The van der Waals surface area contributed by atoms with Gasteiger partial charge in [0.1, 0.15) is 0 Å². The number of rotatable bonds is 0. The minimum absolute atomic E-state index is 0. The Morgan fingerprint density at radius 3 is 0.571 bits per heavy atom. The number of hydrogen-bond acceptors (Lipinski definition) is 12. The average molecular weight is 242 g/mol. The monoisotopic (exact) mass is 242 g/mol. The van der Waals surface area contributed by atoms with Crippen molar-refractivity contribution in [3.05, 3.63) is 0 Å². The summed E-state index contributed by atoms with van der Waals surface area (Å²) >= 11 is 0. The van der Waals surface area contributed by atoms with Crippen LogP contribution >= 0.6 is 0 Å². The van der Waals surface area contributed by atoms with Crippen LogP contribution in [-0.2, 0) is 20.0 Å². The zero-order valence-electron chi connectivity index (χ0n) is 7.15. The zero-order chi connectivity index (χ0) is 10.8. The van der Waals surface area contributed by atoms with Gasteiger partial charge in [-0.25, -0.2) is 23.6 Å². The molecule has 0 aliphatic heterocycles. The van der Waals surface area contributed by atoms with Crippen LogP contribution in [-0.4, -0.2) is 17.4 Å². The number of nitrogens with two attached hydrogens (primary N) is 4. The van der Waals surface area contributed by atoms with E-state index in [-0.39, 0.29) is 46.9 Å². The van der Waals surface area contributed by atoms with Gasteiger partial charge in [-0.1, -0.05) is 0 Å². The molecule has 0 saturated heterocycles. The van der Waals surface area contributed by atoms with Crippen LogP contribution in [0.25, 0.3) is 0 Å². The van der Waals surface area contributed by atoms with E-state index >= 15 is 0 Å². The Kier molecular flexibility index (Phi) is 243. The molecule has 0 aliphatic rings. The summed E-state index contributed by atoms with van der Waals surface area (Å²) < 4.78 is 0. The van der Waals surface area contributed by atoms with Gasteiger partial charge in [-0.3, -0.25) is 0 Å². The van der Waals surface area contributed by atoms with Crippen LogP contribution in [0.2, 0.25) is 0 Å². The van der Waals surface area contributed by atoms with Gasteiger partial charge in [0.05, 0.1) is 0 Å². The van der Waals surface area contributed by atoms with Crippen molar-refractivity contribution in [3.63, 3.8) is 0 Å². The topological polar surface area (TPSA) is 233 Å². The summed E-state index contributed by atoms with van der Waals surface area (Å²) in [6.45, 7) is 0. The van der Waals surface area contributed by atoms with E-state index in [4.69, 9.17) is 21.0 Å². The van der Waals surface area contributed by atoms with Crippen LogP contribution in [0.5, 0.6) is 0 Å². The maximum Gasteiger partial charge on any atom is 3.00 e. The molecule has 0 rings (SSSR count). The van der Waals surface area contributed by atoms with Gasteiger partial charge >= 0.3 is 46.9 Å². The van der Waals surface area contributed by atoms with Crippen LogP contribution in [0.3, 0.4) is 0 Å². The Bertz CT molecular complexity index is 29.3. The molecule has 0 unspecified atom stereocenters. The SMILES string of the molecule is NO[O-].NO[O-].NO[O-].NO[O-].[Al+3].[Na+]. The van der Waals surface area contributed by atoms with E-state index in [0.29, 0.717) is 0 Å². The molecule has 0 saturated carbocycles. The van der Waals surface area contributed by atoms with Gasteiger partial charge in [-0.05, 0) is 0 Å². The van der Waals surface area contributed by atoms with Crippen LogP contribution in [0, 0.1) is 0 Å². The van der Waals surface area contributed by atoms with Crippen molar-refractivity contribution in [2.75, 3.05) is 0 Å². The summed E-state index contributed by atoms with van der Waals surface area (Å²) in [6, 6.07) is 0. The molecule has 0 aliphatic carbocycles. The molecule has 0 spiro atoms. The summed E-state index contributed by atoms with van der Waals surface area (Å²) in [5.74, 6) is 15.2. The molecule has 0 fully saturated rings. The van der Waals surface area contributed by atoms with Crippen molar-refractivity contribution in [1.29, 1.82) is 0 Å². The molecule has 0 aromatic rings. The maximum atomic E-state index is 8.21. The average Bonchev–Trinajstić information content (AvgIpc) is 1.92.